The first-order valence-corrected chi connectivity index (χ1v) is 8.91. The fraction of sp³-hybridized carbons (Fsp3) is 0.214. The van der Waals surface area contributed by atoms with E-state index < -0.39 is 0 Å². The van der Waals surface area contributed by atoms with Gasteiger partial charge < -0.3 is 0 Å². The van der Waals surface area contributed by atoms with Crippen LogP contribution in [0.4, 0.5) is 0 Å². The van der Waals surface area contributed by atoms with Crippen LogP contribution in [0.2, 0.25) is 0 Å². The highest BCUT2D eigenvalue weighted by Crippen LogP contribution is 2.29. The first-order chi connectivity index (χ1) is 9.93. The Hall–Kier alpha value is -1.24. The van der Waals surface area contributed by atoms with Gasteiger partial charge in [-0.25, -0.2) is 0 Å². The fourth-order valence-corrected chi connectivity index (χ4v) is 4.20. The van der Waals surface area contributed by atoms with Crippen LogP contribution in [0.3, 0.4) is 0 Å². The molecule has 3 heterocycles. The van der Waals surface area contributed by atoms with Crippen molar-refractivity contribution in [1.29, 1.82) is 0 Å². The van der Waals surface area contributed by atoms with Crippen molar-refractivity contribution >= 4 is 34.8 Å². The molecule has 6 heteroatoms. The lowest BCUT2D eigenvalue weighted by molar-refractivity contribution is 0.950. The van der Waals surface area contributed by atoms with Crippen molar-refractivity contribution in [2.24, 2.45) is 0 Å². The van der Waals surface area contributed by atoms with Crippen molar-refractivity contribution in [3.63, 3.8) is 0 Å². The predicted molar refractivity (Wildman–Crippen MR) is 86.5 cm³/mol. The van der Waals surface area contributed by atoms with Gasteiger partial charge in [0.15, 0.2) is 0 Å². The molecule has 0 bridgehead atoms. The van der Waals surface area contributed by atoms with Crippen LogP contribution in [0.1, 0.15) is 11.3 Å². The third-order valence-corrected chi connectivity index (χ3v) is 5.41. The lowest BCUT2D eigenvalue weighted by Crippen LogP contribution is -1.87. The Bertz CT molecular complexity index is 635. The average molecular weight is 319 g/mol. The number of thiophene rings is 1. The first kappa shape index (κ1) is 13.7. The second-order valence-corrected chi connectivity index (χ2v) is 6.84. The minimum Gasteiger partial charge on any atom is -0.264 e. The number of nitrogens with zero attached hydrogens (tertiary/aromatic N) is 3. The Morgan fingerprint density at radius 3 is 2.95 bits per heavy atom. The molecule has 0 radical (unpaired) electrons. The summed E-state index contributed by atoms with van der Waals surface area (Å²) in [5, 5.41) is 3.15. The highest BCUT2D eigenvalue weighted by molar-refractivity contribution is 7.99. The number of thioether (sulfide) groups is 1. The van der Waals surface area contributed by atoms with Gasteiger partial charge in [0.25, 0.3) is 0 Å². The molecule has 0 aliphatic rings. The molecule has 20 heavy (non-hydrogen) atoms. The zero-order valence-electron chi connectivity index (χ0n) is 10.7. The molecule has 0 fully saturated rings. The highest BCUT2D eigenvalue weighted by Gasteiger charge is 2.10. The van der Waals surface area contributed by atoms with Gasteiger partial charge in [-0.3, -0.25) is 4.98 Å². The smallest absolute Gasteiger partial charge is 0.138 e. The van der Waals surface area contributed by atoms with Crippen molar-refractivity contribution < 1.29 is 0 Å². The minimum absolute atomic E-state index is 0.962. The van der Waals surface area contributed by atoms with Gasteiger partial charge in [-0.05, 0) is 42.2 Å². The van der Waals surface area contributed by atoms with Crippen molar-refractivity contribution in [3.8, 4) is 11.3 Å². The number of hydrogen-bond acceptors (Lipinski definition) is 6. The van der Waals surface area contributed by atoms with Crippen LogP contribution in [0.5, 0.6) is 0 Å². The van der Waals surface area contributed by atoms with Crippen LogP contribution in [-0.2, 0) is 6.42 Å². The molecular formula is C14H13N3S3. The number of hydrogen-bond donors (Lipinski definition) is 0. The van der Waals surface area contributed by atoms with E-state index in [-0.39, 0.29) is 0 Å². The number of rotatable bonds is 6. The Kier molecular flexibility index (Phi) is 4.78. The molecule has 3 aromatic rings. The Morgan fingerprint density at radius 2 is 2.15 bits per heavy atom. The molecular weight excluding hydrogens is 306 g/mol. The zero-order valence-corrected chi connectivity index (χ0v) is 13.2. The quantitative estimate of drug-likeness (QED) is 0.499. The van der Waals surface area contributed by atoms with Crippen LogP contribution in [0.15, 0.2) is 47.1 Å². The zero-order chi connectivity index (χ0) is 13.6. The van der Waals surface area contributed by atoms with Crippen LogP contribution >= 0.6 is 34.8 Å². The molecule has 0 aliphatic carbocycles. The molecule has 0 aliphatic heterocycles. The molecule has 0 saturated carbocycles. The van der Waals surface area contributed by atoms with Crippen molar-refractivity contribution in [2.75, 3.05) is 5.75 Å². The van der Waals surface area contributed by atoms with Gasteiger partial charge in [-0.1, -0.05) is 6.07 Å². The molecule has 0 saturated heterocycles. The molecule has 3 aromatic heterocycles. The molecule has 3 nitrogen and oxygen atoms in total. The Labute approximate surface area is 130 Å². The Morgan fingerprint density at radius 1 is 1.15 bits per heavy atom. The van der Waals surface area contributed by atoms with Crippen LogP contribution in [0, 0.1) is 0 Å². The fourth-order valence-electron chi connectivity index (χ4n) is 1.82. The number of pyridine rings is 1. The van der Waals surface area contributed by atoms with E-state index >= 15 is 0 Å². The summed E-state index contributed by atoms with van der Waals surface area (Å²) in [5.41, 5.74) is 2.01. The van der Waals surface area contributed by atoms with Gasteiger partial charge in [-0.15, -0.1) is 23.1 Å². The maximum Gasteiger partial charge on any atom is 0.138 e. The van der Waals surface area contributed by atoms with E-state index in [2.05, 4.69) is 31.2 Å². The summed E-state index contributed by atoms with van der Waals surface area (Å²) >= 11 is 4.88. The first-order valence-electron chi connectivity index (χ1n) is 6.31. The van der Waals surface area contributed by atoms with E-state index in [4.69, 9.17) is 0 Å². The standard InChI is InChI=1S/C14H13N3S3/c1-4-11(10-15-7-1)13-14(17-20-16-13)19-9-3-6-12-5-2-8-18-12/h1-2,4-5,7-8,10H,3,6,9H2. The number of aromatic nitrogens is 3. The lowest BCUT2D eigenvalue weighted by Gasteiger charge is -2.01. The summed E-state index contributed by atoms with van der Waals surface area (Å²) in [5.74, 6) is 1.07. The SMILES string of the molecule is c1cncc(-c2nsnc2SCCCc2cccs2)c1. The molecule has 0 N–H and O–H groups in total. The molecule has 0 atom stereocenters. The van der Waals surface area contributed by atoms with Crippen molar-refractivity contribution in [1.82, 2.24) is 13.7 Å². The van der Waals surface area contributed by atoms with E-state index in [0.717, 1.165) is 34.9 Å². The average Bonchev–Trinajstić information content (AvgIpc) is 3.16. The van der Waals surface area contributed by atoms with E-state index in [1.54, 1.807) is 18.0 Å². The minimum atomic E-state index is 0.962. The third kappa shape index (κ3) is 3.45. The van der Waals surface area contributed by atoms with Gasteiger partial charge >= 0.3 is 0 Å². The molecule has 0 aromatic carbocycles. The molecule has 0 amide bonds. The largest absolute Gasteiger partial charge is 0.264 e. The van der Waals surface area contributed by atoms with Gasteiger partial charge in [0.05, 0.1) is 11.7 Å². The number of aryl methyl sites for hydroxylation is 1. The predicted octanol–water partition coefficient (Wildman–Crippen LogP) is 4.39. The Balaban J connectivity index is 1.57. The van der Waals surface area contributed by atoms with Gasteiger partial charge in [0.2, 0.25) is 0 Å². The highest BCUT2D eigenvalue weighted by atomic mass is 32.2. The molecule has 3 rings (SSSR count). The summed E-state index contributed by atoms with van der Waals surface area (Å²) in [4.78, 5) is 5.59. The topological polar surface area (TPSA) is 38.7 Å². The van der Waals surface area contributed by atoms with Gasteiger partial charge in [0, 0.05) is 22.8 Å². The maximum atomic E-state index is 4.40. The summed E-state index contributed by atoms with van der Waals surface area (Å²) in [6.07, 6.45) is 5.92. The molecule has 0 spiro atoms. The van der Waals surface area contributed by atoms with Crippen LogP contribution < -0.4 is 0 Å². The van der Waals surface area contributed by atoms with Gasteiger partial charge in [-0.2, -0.15) is 8.75 Å². The van der Waals surface area contributed by atoms with E-state index in [0.29, 0.717) is 0 Å². The van der Waals surface area contributed by atoms with Crippen molar-refractivity contribution in [2.45, 2.75) is 17.9 Å². The maximum absolute atomic E-state index is 4.40. The van der Waals surface area contributed by atoms with Crippen molar-refractivity contribution in [3.05, 3.63) is 46.9 Å². The lowest BCUT2D eigenvalue weighted by atomic mass is 10.2. The monoisotopic (exact) mass is 319 g/mol. The second kappa shape index (κ2) is 6.97. The summed E-state index contributed by atoms with van der Waals surface area (Å²) < 4.78 is 8.78. The van der Waals surface area contributed by atoms with Gasteiger partial charge in [0.1, 0.15) is 10.7 Å². The van der Waals surface area contributed by atoms with E-state index in [1.165, 1.54) is 16.6 Å². The molecule has 102 valence electrons. The molecule has 0 unspecified atom stereocenters. The van der Waals surface area contributed by atoms with E-state index in [1.807, 2.05) is 29.7 Å². The van der Waals surface area contributed by atoms with Crippen LogP contribution in [0.25, 0.3) is 11.3 Å². The second-order valence-electron chi connectivity index (χ2n) is 4.19. The summed E-state index contributed by atoms with van der Waals surface area (Å²) in [6, 6.07) is 8.26. The normalized spacial score (nSPS) is 10.8. The van der Waals surface area contributed by atoms with Crippen LogP contribution in [-0.4, -0.2) is 19.5 Å². The third-order valence-electron chi connectivity index (χ3n) is 2.78. The summed E-state index contributed by atoms with van der Waals surface area (Å²) in [7, 11) is 0. The van der Waals surface area contributed by atoms with E-state index in [9.17, 15) is 0 Å². The summed E-state index contributed by atoms with van der Waals surface area (Å²) in [6.45, 7) is 0.